The molecule has 0 spiro atoms. The maximum Gasteiger partial charge on any atom is 0.252 e. The molecule has 0 aliphatic heterocycles. The van der Waals surface area contributed by atoms with Crippen molar-refractivity contribution in [1.29, 1.82) is 5.26 Å². The fraction of sp³-hybridized carbons (Fsp3) is 0.300. The van der Waals surface area contributed by atoms with E-state index in [0.717, 1.165) is 4.31 Å². The maximum absolute atomic E-state index is 12.8. The Hall–Kier alpha value is -3.29. The molecule has 0 fully saturated rings. The van der Waals surface area contributed by atoms with Gasteiger partial charge in [-0.3, -0.25) is 23.1 Å². The van der Waals surface area contributed by atoms with Crippen molar-refractivity contribution in [2.24, 2.45) is 5.92 Å². The molecule has 0 radical (unpaired) electrons. The summed E-state index contributed by atoms with van der Waals surface area (Å²) < 4.78 is 24.6. The van der Waals surface area contributed by atoms with E-state index in [1.807, 2.05) is 19.9 Å². The summed E-state index contributed by atoms with van der Waals surface area (Å²) >= 11 is -2.64. The highest BCUT2D eigenvalue weighted by molar-refractivity contribution is 7.81. The van der Waals surface area contributed by atoms with Crippen LogP contribution in [-0.2, 0) is 16.1 Å². The maximum atomic E-state index is 12.8. The van der Waals surface area contributed by atoms with Gasteiger partial charge in [0, 0.05) is 11.8 Å². The van der Waals surface area contributed by atoms with Crippen LogP contribution in [0.2, 0.25) is 0 Å². The number of pyridine rings is 1. The minimum atomic E-state index is -2.64. The Morgan fingerprint density at radius 3 is 2.60 bits per heavy atom. The van der Waals surface area contributed by atoms with E-state index in [-0.39, 0.29) is 23.7 Å². The molecule has 0 saturated carbocycles. The van der Waals surface area contributed by atoms with Crippen LogP contribution in [-0.4, -0.2) is 38.1 Å². The lowest BCUT2D eigenvalue weighted by Crippen LogP contribution is -2.47. The molecule has 0 aliphatic rings. The minimum absolute atomic E-state index is 0.124. The molecule has 1 aromatic carbocycles. The number of rotatable bonds is 9. The van der Waals surface area contributed by atoms with Gasteiger partial charge in [-0.15, -0.1) is 0 Å². The summed E-state index contributed by atoms with van der Waals surface area (Å²) in [5, 5.41) is 13.8. The van der Waals surface area contributed by atoms with E-state index in [1.165, 1.54) is 24.5 Å². The Morgan fingerprint density at radius 2 is 2.00 bits per heavy atom. The van der Waals surface area contributed by atoms with Gasteiger partial charge < -0.3 is 15.2 Å². The van der Waals surface area contributed by atoms with Crippen molar-refractivity contribution in [3.63, 3.8) is 0 Å². The zero-order chi connectivity index (χ0) is 22.1. The third-order valence-corrected chi connectivity index (χ3v) is 4.76. The van der Waals surface area contributed by atoms with E-state index in [0.29, 0.717) is 12.1 Å². The summed E-state index contributed by atoms with van der Waals surface area (Å²) in [6.07, 6.45) is 3.29. The molecule has 1 heterocycles. The number of amides is 2. The summed E-state index contributed by atoms with van der Waals surface area (Å²) in [5.74, 6) is -0.858. The fourth-order valence-electron chi connectivity index (χ4n) is 2.76. The summed E-state index contributed by atoms with van der Waals surface area (Å²) in [6.45, 7) is 3.66. The smallest absolute Gasteiger partial charge is 0.252 e. The molecule has 2 unspecified atom stereocenters. The summed E-state index contributed by atoms with van der Waals surface area (Å²) in [4.78, 5) is 29.0. The summed E-state index contributed by atoms with van der Waals surface area (Å²) in [6, 6.07) is 10.2. The van der Waals surface area contributed by atoms with E-state index >= 15 is 0 Å². The van der Waals surface area contributed by atoms with Crippen LogP contribution < -0.4 is 14.9 Å². The standard InChI is InChI=1S/C20H23N5O4S/c1-14(2)11-18(20(27)23-10-8-21)24-19(26)15-5-3-6-16(12-15)25(30(28)29)17-7-4-9-22-13-17/h3-7,9,12-14,18H,10-11H2,1-2H3,(H,23,27)(H,24,26)(H,28,29)/p-1. The van der Waals surface area contributed by atoms with Gasteiger partial charge in [-0.1, -0.05) is 19.9 Å². The molecule has 0 bridgehead atoms. The van der Waals surface area contributed by atoms with Crippen LogP contribution in [0.25, 0.3) is 0 Å². The molecule has 2 N–H and O–H groups in total. The molecular formula is C20H22N5O4S-. The number of carbonyl (C=O) groups is 2. The largest absolute Gasteiger partial charge is 0.755 e. The van der Waals surface area contributed by atoms with Gasteiger partial charge in [0.2, 0.25) is 5.91 Å². The number of anilines is 2. The van der Waals surface area contributed by atoms with Crippen LogP contribution in [0.1, 0.15) is 30.6 Å². The first-order valence-corrected chi connectivity index (χ1v) is 10.2. The van der Waals surface area contributed by atoms with Crippen molar-refractivity contribution in [3.05, 3.63) is 54.4 Å². The van der Waals surface area contributed by atoms with Crippen molar-refractivity contribution >= 4 is 34.5 Å². The second-order valence-electron chi connectivity index (χ2n) is 6.80. The monoisotopic (exact) mass is 428 g/mol. The number of hydrogen-bond donors (Lipinski definition) is 2. The van der Waals surface area contributed by atoms with Crippen LogP contribution >= 0.6 is 0 Å². The molecule has 9 nitrogen and oxygen atoms in total. The number of benzene rings is 1. The van der Waals surface area contributed by atoms with Crippen molar-refractivity contribution in [2.75, 3.05) is 10.8 Å². The highest BCUT2D eigenvalue weighted by atomic mass is 32.2. The Bertz CT molecular complexity index is 946. The lowest BCUT2D eigenvalue weighted by molar-refractivity contribution is -0.123. The quantitative estimate of drug-likeness (QED) is 0.461. The van der Waals surface area contributed by atoms with Gasteiger partial charge in [-0.05, 0) is 42.7 Å². The Kier molecular flexibility index (Phi) is 8.46. The predicted octanol–water partition coefficient (Wildman–Crippen LogP) is 1.80. The lowest BCUT2D eigenvalue weighted by atomic mass is 10.0. The van der Waals surface area contributed by atoms with E-state index in [1.54, 1.807) is 24.3 Å². The number of nitrogens with zero attached hydrogens (tertiary/aromatic N) is 3. The first-order chi connectivity index (χ1) is 14.3. The zero-order valence-electron chi connectivity index (χ0n) is 16.6. The number of aromatic nitrogens is 1. The minimum Gasteiger partial charge on any atom is -0.755 e. The van der Waals surface area contributed by atoms with Gasteiger partial charge in [0.15, 0.2) is 0 Å². The SMILES string of the molecule is CC(C)CC(NC(=O)c1cccc(N(c2cccnc2)S(=O)[O-])c1)C(=O)NCC#N. The summed E-state index contributed by atoms with van der Waals surface area (Å²) in [5.41, 5.74) is 0.754. The van der Waals surface area contributed by atoms with Crippen LogP contribution in [0.5, 0.6) is 0 Å². The van der Waals surface area contributed by atoms with E-state index in [9.17, 15) is 18.4 Å². The van der Waals surface area contributed by atoms with Crippen LogP contribution in [0, 0.1) is 17.2 Å². The van der Waals surface area contributed by atoms with Crippen molar-refractivity contribution in [2.45, 2.75) is 26.3 Å². The molecule has 0 aliphatic carbocycles. The van der Waals surface area contributed by atoms with Crippen molar-refractivity contribution in [3.8, 4) is 6.07 Å². The second-order valence-corrected chi connectivity index (χ2v) is 7.60. The zero-order valence-corrected chi connectivity index (χ0v) is 17.4. The van der Waals surface area contributed by atoms with Crippen molar-refractivity contribution < 1.29 is 18.4 Å². The van der Waals surface area contributed by atoms with E-state index in [2.05, 4.69) is 15.6 Å². The van der Waals surface area contributed by atoms with E-state index in [4.69, 9.17) is 5.26 Å². The van der Waals surface area contributed by atoms with Gasteiger partial charge in [-0.2, -0.15) is 5.26 Å². The number of hydrogen-bond acceptors (Lipinski definition) is 6. The average Bonchev–Trinajstić information content (AvgIpc) is 2.72. The Balaban J connectivity index is 2.26. The Labute approximate surface area is 177 Å². The normalized spacial score (nSPS) is 12.5. The van der Waals surface area contributed by atoms with Gasteiger partial charge >= 0.3 is 0 Å². The third kappa shape index (κ3) is 6.37. The third-order valence-electron chi connectivity index (χ3n) is 4.04. The molecule has 1 aromatic heterocycles. The lowest BCUT2D eigenvalue weighted by Gasteiger charge is -2.26. The second kappa shape index (κ2) is 11.0. The number of nitriles is 1. The topological polar surface area (TPSA) is 138 Å². The first-order valence-electron chi connectivity index (χ1n) is 9.18. The Morgan fingerprint density at radius 1 is 1.27 bits per heavy atom. The van der Waals surface area contributed by atoms with Crippen LogP contribution in [0.4, 0.5) is 11.4 Å². The van der Waals surface area contributed by atoms with Gasteiger partial charge in [0.05, 0.1) is 34.9 Å². The molecule has 10 heteroatoms. The van der Waals surface area contributed by atoms with Gasteiger partial charge in [0.25, 0.3) is 5.91 Å². The summed E-state index contributed by atoms with van der Waals surface area (Å²) in [7, 11) is 0. The van der Waals surface area contributed by atoms with Crippen molar-refractivity contribution in [1.82, 2.24) is 15.6 Å². The molecule has 0 saturated heterocycles. The number of carbonyl (C=O) groups excluding carboxylic acids is 2. The highest BCUT2D eigenvalue weighted by Gasteiger charge is 2.23. The first kappa shape index (κ1) is 23.0. The fourth-order valence-corrected chi connectivity index (χ4v) is 3.33. The number of nitrogens with one attached hydrogen (secondary N) is 2. The van der Waals surface area contributed by atoms with E-state index < -0.39 is 29.1 Å². The molecule has 158 valence electrons. The van der Waals surface area contributed by atoms with Crippen LogP contribution in [0.3, 0.4) is 0 Å². The highest BCUT2D eigenvalue weighted by Crippen LogP contribution is 2.26. The average molecular weight is 428 g/mol. The molecule has 2 aromatic rings. The van der Waals surface area contributed by atoms with Gasteiger partial charge in [-0.25, -0.2) is 0 Å². The molecule has 2 rings (SSSR count). The molecule has 30 heavy (non-hydrogen) atoms. The molecule has 2 atom stereocenters. The molecule has 2 amide bonds. The molecular weight excluding hydrogens is 406 g/mol. The predicted molar refractivity (Wildman–Crippen MR) is 111 cm³/mol. The van der Waals surface area contributed by atoms with Gasteiger partial charge in [0.1, 0.15) is 12.6 Å². The van der Waals surface area contributed by atoms with Crippen LogP contribution in [0.15, 0.2) is 48.8 Å².